The van der Waals surface area contributed by atoms with Crippen LogP contribution in [0.15, 0.2) is 52.3 Å². The molecule has 0 aliphatic carbocycles. The van der Waals surface area contributed by atoms with Crippen molar-refractivity contribution < 1.29 is 18.0 Å². The maximum atomic E-state index is 13.1. The van der Waals surface area contributed by atoms with Crippen LogP contribution in [0, 0.1) is 6.92 Å². The average Bonchev–Trinajstić information content (AvgIpc) is 2.67. The van der Waals surface area contributed by atoms with Gasteiger partial charge >= 0.3 is 0 Å². The topological polar surface area (TPSA) is 92.3 Å². The largest absolute Gasteiger partial charge is 0.350 e. The lowest BCUT2D eigenvalue weighted by Crippen LogP contribution is -2.32. The molecule has 0 saturated carbocycles. The number of amides is 2. The molecule has 2 aromatic carbocycles. The molecule has 28 heavy (non-hydrogen) atoms. The Morgan fingerprint density at radius 2 is 1.68 bits per heavy atom. The minimum atomic E-state index is -3.86. The van der Waals surface area contributed by atoms with Crippen molar-refractivity contribution in [1.82, 2.24) is 5.32 Å². The Hall–Kier alpha value is -2.67. The lowest BCUT2D eigenvalue weighted by Gasteiger charge is -2.15. The monoisotopic (exact) mass is 402 g/mol. The molecule has 0 spiro atoms. The molecule has 0 fully saturated rings. The standard InChI is InChI=1S/C21H26N2O4S/c1-5-15(4)22-21(25)16-9-12-19(18(13-16)23-20(24)6-2)28(26,27)17-10-7-14(3)8-11-17/h7-13,15H,5-6H2,1-4H3,(H,22,25)(H,23,24). The van der Waals surface area contributed by atoms with Gasteiger partial charge in [-0.15, -0.1) is 0 Å². The maximum absolute atomic E-state index is 13.1. The summed E-state index contributed by atoms with van der Waals surface area (Å²) < 4.78 is 26.2. The number of hydrogen-bond acceptors (Lipinski definition) is 4. The molecule has 1 unspecified atom stereocenters. The zero-order valence-electron chi connectivity index (χ0n) is 16.6. The lowest BCUT2D eigenvalue weighted by molar-refractivity contribution is -0.115. The second kappa shape index (κ2) is 9.01. The van der Waals surface area contributed by atoms with Gasteiger partial charge in [-0.3, -0.25) is 9.59 Å². The van der Waals surface area contributed by atoms with Crippen LogP contribution >= 0.6 is 0 Å². The number of rotatable bonds is 7. The van der Waals surface area contributed by atoms with Gasteiger partial charge in [0.15, 0.2) is 0 Å². The highest BCUT2D eigenvalue weighted by atomic mass is 32.2. The van der Waals surface area contributed by atoms with Crippen molar-refractivity contribution in [2.75, 3.05) is 5.32 Å². The smallest absolute Gasteiger partial charge is 0.251 e. The van der Waals surface area contributed by atoms with Gasteiger partial charge in [0.25, 0.3) is 5.91 Å². The van der Waals surface area contributed by atoms with E-state index in [0.29, 0.717) is 0 Å². The van der Waals surface area contributed by atoms with Crippen LogP contribution in [0.2, 0.25) is 0 Å². The molecule has 150 valence electrons. The van der Waals surface area contributed by atoms with Gasteiger partial charge in [0.2, 0.25) is 15.7 Å². The van der Waals surface area contributed by atoms with E-state index in [9.17, 15) is 18.0 Å². The van der Waals surface area contributed by atoms with Crippen molar-refractivity contribution in [2.45, 2.75) is 56.4 Å². The quantitative estimate of drug-likeness (QED) is 0.738. The molecule has 1 atom stereocenters. The van der Waals surface area contributed by atoms with Crippen LogP contribution in [0.25, 0.3) is 0 Å². The first-order valence-corrected chi connectivity index (χ1v) is 10.7. The van der Waals surface area contributed by atoms with Crippen molar-refractivity contribution in [3.8, 4) is 0 Å². The highest BCUT2D eigenvalue weighted by Gasteiger charge is 2.23. The van der Waals surface area contributed by atoms with Crippen LogP contribution in [0.1, 0.15) is 49.5 Å². The zero-order valence-corrected chi connectivity index (χ0v) is 17.4. The molecule has 2 aromatic rings. The van der Waals surface area contributed by atoms with Gasteiger partial charge in [0.1, 0.15) is 0 Å². The molecule has 0 heterocycles. The Kier molecular flexibility index (Phi) is 6.96. The number of benzene rings is 2. The van der Waals surface area contributed by atoms with Gasteiger partial charge in [0.05, 0.1) is 15.5 Å². The Balaban J connectivity index is 2.52. The molecule has 6 nitrogen and oxygen atoms in total. The minimum absolute atomic E-state index is 0.0165. The normalized spacial score (nSPS) is 12.3. The summed E-state index contributed by atoms with van der Waals surface area (Å²) >= 11 is 0. The van der Waals surface area contributed by atoms with Gasteiger partial charge < -0.3 is 10.6 Å². The molecule has 0 aliphatic rings. The third-order valence-electron chi connectivity index (χ3n) is 4.45. The third kappa shape index (κ3) is 4.98. The molecular formula is C21H26N2O4S. The van der Waals surface area contributed by atoms with Crippen LogP contribution in [-0.2, 0) is 14.6 Å². The fraction of sp³-hybridized carbons (Fsp3) is 0.333. The maximum Gasteiger partial charge on any atom is 0.251 e. The highest BCUT2D eigenvalue weighted by Crippen LogP contribution is 2.29. The van der Waals surface area contributed by atoms with Crippen molar-refractivity contribution in [3.63, 3.8) is 0 Å². The summed E-state index contributed by atoms with van der Waals surface area (Å²) in [7, 11) is -3.86. The van der Waals surface area contributed by atoms with Gasteiger partial charge in [-0.2, -0.15) is 0 Å². The van der Waals surface area contributed by atoms with E-state index >= 15 is 0 Å². The van der Waals surface area contributed by atoms with E-state index in [1.807, 2.05) is 20.8 Å². The summed E-state index contributed by atoms with van der Waals surface area (Å²) in [5.74, 6) is -0.652. The summed E-state index contributed by atoms with van der Waals surface area (Å²) in [6.45, 7) is 7.37. The van der Waals surface area contributed by atoms with Crippen molar-refractivity contribution >= 4 is 27.3 Å². The Morgan fingerprint density at radius 1 is 1.04 bits per heavy atom. The van der Waals surface area contributed by atoms with E-state index in [1.54, 1.807) is 19.1 Å². The first-order valence-electron chi connectivity index (χ1n) is 9.25. The van der Waals surface area contributed by atoms with Gasteiger partial charge in [0, 0.05) is 18.0 Å². The zero-order chi connectivity index (χ0) is 20.9. The highest BCUT2D eigenvalue weighted by molar-refractivity contribution is 7.91. The first kappa shape index (κ1) is 21.6. The molecular weight excluding hydrogens is 376 g/mol. The summed E-state index contributed by atoms with van der Waals surface area (Å²) in [5, 5.41) is 5.45. The fourth-order valence-corrected chi connectivity index (χ4v) is 3.89. The van der Waals surface area contributed by atoms with Gasteiger partial charge in [-0.25, -0.2) is 8.42 Å². The molecule has 0 aromatic heterocycles. The number of nitrogens with one attached hydrogen (secondary N) is 2. The van der Waals surface area contributed by atoms with Crippen molar-refractivity contribution in [3.05, 3.63) is 53.6 Å². The first-order chi connectivity index (χ1) is 13.2. The van der Waals surface area contributed by atoms with Crippen molar-refractivity contribution in [1.29, 1.82) is 0 Å². The number of sulfone groups is 1. The molecule has 2 amide bonds. The Morgan fingerprint density at radius 3 is 2.25 bits per heavy atom. The van der Waals surface area contributed by atoms with E-state index in [1.165, 1.54) is 30.3 Å². The molecule has 2 N–H and O–H groups in total. The van der Waals surface area contributed by atoms with Crippen LogP contribution in [-0.4, -0.2) is 26.3 Å². The van der Waals surface area contributed by atoms with Crippen LogP contribution in [0.5, 0.6) is 0 Å². The number of carbonyl (C=O) groups is 2. The molecule has 7 heteroatoms. The van der Waals surface area contributed by atoms with Gasteiger partial charge in [-0.05, 0) is 50.6 Å². The van der Waals surface area contributed by atoms with E-state index in [4.69, 9.17) is 0 Å². The summed E-state index contributed by atoms with van der Waals surface area (Å²) in [6, 6.07) is 10.7. The molecule has 2 rings (SSSR count). The molecule has 0 radical (unpaired) electrons. The molecule has 0 aliphatic heterocycles. The number of anilines is 1. The third-order valence-corrected chi connectivity index (χ3v) is 6.28. The number of carbonyl (C=O) groups excluding carboxylic acids is 2. The minimum Gasteiger partial charge on any atom is -0.350 e. The van der Waals surface area contributed by atoms with E-state index in [0.717, 1.165) is 12.0 Å². The summed E-state index contributed by atoms with van der Waals surface area (Å²) in [5.41, 5.74) is 1.33. The fourth-order valence-electron chi connectivity index (χ4n) is 2.50. The van der Waals surface area contributed by atoms with Crippen LogP contribution in [0.3, 0.4) is 0 Å². The second-order valence-electron chi connectivity index (χ2n) is 6.71. The summed E-state index contributed by atoms with van der Waals surface area (Å²) in [6.07, 6.45) is 0.957. The van der Waals surface area contributed by atoms with Gasteiger partial charge in [-0.1, -0.05) is 31.5 Å². The average molecular weight is 403 g/mol. The Bertz CT molecular complexity index is 966. The van der Waals surface area contributed by atoms with E-state index < -0.39 is 9.84 Å². The van der Waals surface area contributed by atoms with E-state index in [-0.39, 0.29) is 45.3 Å². The lowest BCUT2D eigenvalue weighted by atomic mass is 10.1. The number of aryl methyl sites for hydroxylation is 1. The van der Waals surface area contributed by atoms with Crippen LogP contribution in [0.4, 0.5) is 5.69 Å². The van der Waals surface area contributed by atoms with E-state index in [2.05, 4.69) is 10.6 Å². The number of hydrogen-bond donors (Lipinski definition) is 2. The Labute approximate surface area is 166 Å². The molecule has 0 bridgehead atoms. The van der Waals surface area contributed by atoms with Crippen LogP contribution < -0.4 is 10.6 Å². The summed E-state index contributed by atoms with van der Waals surface area (Å²) in [4.78, 5) is 24.4. The predicted molar refractivity (Wildman–Crippen MR) is 109 cm³/mol. The van der Waals surface area contributed by atoms with Crippen molar-refractivity contribution in [2.24, 2.45) is 0 Å². The SMILES string of the molecule is CCC(=O)Nc1cc(C(=O)NC(C)CC)ccc1S(=O)(=O)c1ccc(C)cc1. The predicted octanol–water partition coefficient (Wildman–Crippen LogP) is 3.70. The molecule has 0 saturated heterocycles. The second-order valence-corrected chi connectivity index (χ2v) is 8.63.